The number of halogens is 1. The molecule has 0 aliphatic heterocycles. The predicted molar refractivity (Wildman–Crippen MR) is 87.9 cm³/mol. The van der Waals surface area contributed by atoms with E-state index in [1.54, 1.807) is 19.1 Å². The number of nitrogens with zero attached hydrogens (tertiary/aromatic N) is 1. The molecule has 2 amide bonds. The minimum absolute atomic E-state index is 0.245. The van der Waals surface area contributed by atoms with Crippen molar-refractivity contribution >= 4 is 17.4 Å². The second kappa shape index (κ2) is 7.77. The number of carbonyl (C=O) groups is 1. The van der Waals surface area contributed by atoms with E-state index in [9.17, 15) is 14.4 Å². The Kier molecular flexibility index (Phi) is 5.74. The maximum Gasteiger partial charge on any atom is 0.342 e. The fraction of sp³-hybridized carbons (Fsp3) is 0.235. The van der Waals surface area contributed by atoms with Crippen LogP contribution >= 0.6 is 11.3 Å². The highest BCUT2D eigenvalue weighted by molar-refractivity contribution is 7.12. The Bertz CT molecular complexity index is 731. The summed E-state index contributed by atoms with van der Waals surface area (Å²) in [5.41, 5.74) is 1.03. The average Bonchev–Trinajstić information content (AvgIpc) is 3.00. The van der Waals surface area contributed by atoms with E-state index in [4.69, 9.17) is 0 Å². The van der Waals surface area contributed by atoms with Crippen LogP contribution in [0.1, 0.15) is 22.2 Å². The van der Waals surface area contributed by atoms with E-state index >= 15 is 0 Å². The van der Waals surface area contributed by atoms with Crippen molar-refractivity contribution in [2.75, 3.05) is 7.05 Å². The number of hydrogen-bond donors (Lipinski definition) is 2. The van der Waals surface area contributed by atoms with Gasteiger partial charge in [-0.1, -0.05) is 24.0 Å². The third-order valence-electron chi connectivity index (χ3n) is 3.15. The van der Waals surface area contributed by atoms with E-state index in [1.165, 1.54) is 30.5 Å². The second-order valence-electron chi connectivity index (χ2n) is 4.91. The molecular formula is C17H17FN2O2S. The van der Waals surface area contributed by atoms with Gasteiger partial charge in [-0.3, -0.25) is 5.21 Å². The Morgan fingerprint density at radius 3 is 2.70 bits per heavy atom. The fourth-order valence-electron chi connectivity index (χ4n) is 1.87. The number of amides is 2. The lowest BCUT2D eigenvalue weighted by molar-refractivity contribution is -0.0566. The van der Waals surface area contributed by atoms with Gasteiger partial charge in [0.25, 0.3) is 0 Å². The molecule has 4 nitrogen and oxygen atoms in total. The first-order chi connectivity index (χ1) is 11.0. The second-order valence-corrected chi connectivity index (χ2v) is 6.08. The topological polar surface area (TPSA) is 52.6 Å². The first-order valence-electron chi connectivity index (χ1n) is 7.04. The molecule has 0 aliphatic carbocycles. The van der Waals surface area contributed by atoms with E-state index in [0.717, 1.165) is 15.3 Å². The van der Waals surface area contributed by atoms with Gasteiger partial charge in [-0.15, -0.1) is 11.3 Å². The van der Waals surface area contributed by atoms with Gasteiger partial charge in [0, 0.05) is 18.3 Å². The van der Waals surface area contributed by atoms with Crippen molar-refractivity contribution in [3.8, 4) is 11.8 Å². The zero-order valence-electron chi connectivity index (χ0n) is 12.8. The molecular weight excluding hydrogens is 315 g/mol. The highest BCUT2D eigenvalue weighted by Gasteiger charge is 2.13. The van der Waals surface area contributed by atoms with E-state index in [1.807, 2.05) is 12.1 Å². The molecule has 1 heterocycles. The van der Waals surface area contributed by atoms with Crippen LogP contribution in [0.25, 0.3) is 0 Å². The van der Waals surface area contributed by atoms with Gasteiger partial charge in [0.15, 0.2) is 0 Å². The Balaban J connectivity index is 2.01. The van der Waals surface area contributed by atoms with Crippen LogP contribution < -0.4 is 5.32 Å². The highest BCUT2D eigenvalue weighted by Crippen LogP contribution is 2.19. The molecule has 0 saturated heterocycles. The fourth-order valence-corrected chi connectivity index (χ4v) is 2.77. The lowest BCUT2D eigenvalue weighted by Gasteiger charge is -2.16. The van der Waals surface area contributed by atoms with E-state index in [2.05, 4.69) is 17.2 Å². The summed E-state index contributed by atoms with van der Waals surface area (Å²) in [6.45, 7) is 1.63. The van der Waals surface area contributed by atoms with Crippen LogP contribution in [0.4, 0.5) is 9.18 Å². The normalized spacial score (nSPS) is 11.3. The van der Waals surface area contributed by atoms with Crippen molar-refractivity contribution in [2.24, 2.45) is 0 Å². The summed E-state index contributed by atoms with van der Waals surface area (Å²) in [7, 11) is 1.44. The quantitative estimate of drug-likeness (QED) is 0.515. The van der Waals surface area contributed by atoms with Gasteiger partial charge in [-0.2, -0.15) is 5.06 Å². The van der Waals surface area contributed by atoms with Gasteiger partial charge >= 0.3 is 6.03 Å². The summed E-state index contributed by atoms with van der Waals surface area (Å²) >= 11 is 1.53. The minimum atomic E-state index is -0.613. The lowest BCUT2D eigenvalue weighted by atomic mass is 10.1. The molecule has 120 valence electrons. The first kappa shape index (κ1) is 17.0. The molecule has 0 aliphatic rings. The third-order valence-corrected chi connectivity index (χ3v) is 4.15. The number of benzene rings is 1. The molecule has 0 bridgehead atoms. The molecule has 1 atom stereocenters. The van der Waals surface area contributed by atoms with Crippen LogP contribution in [0, 0.1) is 17.7 Å². The van der Waals surface area contributed by atoms with Crippen LogP contribution in [0.2, 0.25) is 0 Å². The molecule has 0 spiro atoms. The number of nitrogens with one attached hydrogen (secondary N) is 1. The van der Waals surface area contributed by atoms with E-state index in [-0.39, 0.29) is 5.82 Å². The Morgan fingerprint density at radius 1 is 1.35 bits per heavy atom. The Morgan fingerprint density at radius 2 is 2.04 bits per heavy atom. The van der Waals surface area contributed by atoms with Crippen LogP contribution in [-0.2, 0) is 6.42 Å². The molecule has 1 aromatic carbocycles. The van der Waals surface area contributed by atoms with Crippen molar-refractivity contribution in [2.45, 2.75) is 19.4 Å². The summed E-state index contributed by atoms with van der Waals surface area (Å²) in [4.78, 5) is 13.2. The largest absolute Gasteiger partial charge is 0.342 e. The maximum atomic E-state index is 12.9. The zero-order valence-corrected chi connectivity index (χ0v) is 13.7. The summed E-state index contributed by atoms with van der Waals surface area (Å²) in [5, 5.41) is 12.5. The van der Waals surface area contributed by atoms with Crippen LogP contribution in [0.15, 0.2) is 36.4 Å². The Labute approximate surface area is 138 Å². The summed E-state index contributed by atoms with van der Waals surface area (Å²) in [5.74, 6) is 5.53. The lowest BCUT2D eigenvalue weighted by Crippen LogP contribution is -2.40. The third kappa shape index (κ3) is 4.81. The monoisotopic (exact) mass is 332 g/mol. The number of carbonyl (C=O) groups excluding carboxylic acids is 1. The molecule has 0 unspecified atom stereocenters. The van der Waals surface area contributed by atoms with Crippen molar-refractivity contribution in [1.82, 2.24) is 10.4 Å². The average molecular weight is 332 g/mol. The van der Waals surface area contributed by atoms with Crippen molar-refractivity contribution < 1.29 is 14.4 Å². The van der Waals surface area contributed by atoms with Gasteiger partial charge < -0.3 is 5.32 Å². The predicted octanol–water partition coefficient (Wildman–Crippen LogP) is 3.25. The number of thiophene rings is 1. The molecule has 1 aromatic heterocycles. The highest BCUT2D eigenvalue weighted by atomic mass is 32.1. The first-order valence-corrected chi connectivity index (χ1v) is 7.85. The number of urea groups is 1. The SMILES string of the molecule is CNC(=O)N(O)[C@H](C)C#Cc1ccc(Cc2ccc(F)cc2)s1. The number of hydrogen-bond acceptors (Lipinski definition) is 3. The summed E-state index contributed by atoms with van der Waals surface area (Å²) in [6, 6.07) is 9.06. The molecule has 0 saturated carbocycles. The van der Waals surface area contributed by atoms with Gasteiger partial charge in [-0.25, -0.2) is 9.18 Å². The van der Waals surface area contributed by atoms with Crippen LogP contribution in [0.3, 0.4) is 0 Å². The van der Waals surface area contributed by atoms with Gasteiger partial charge in [0.1, 0.15) is 11.9 Å². The Hall–Kier alpha value is -2.36. The van der Waals surface area contributed by atoms with Crippen LogP contribution in [-0.4, -0.2) is 29.4 Å². The van der Waals surface area contributed by atoms with Crippen LogP contribution in [0.5, 0.6) is 0 Å². The molecule has 23 heavy (non-hydrogen) atoms. The molecule has 6 heteroatoms. The number of hydroxylamine groups is 2. The maximum absolute atomic E-state index is 12.9. The number of rotatable bonds is 3. The summed E-state index contributed by atoms with van der Waals surface area (Å²) in [6.07, 6.45) is 0.715. The van der Waals surface area contributed by atoms with E-state index in [0.29, 0.717) is 11.5 Å². The van der Waals surface area contributed by atoms with Crippen molar-refractivity contribution in [3.63, 3.8) is 0 Å². The van der Waals surface area contributed by atoms with Crippen molar-refractivity contribution in [3.05, 3.63) is 57.5 Å². The van der Waals surface area contributed by atoms with E-state index < -0.39 is 12.1 Å². The molecule has 2 N–H and O–H groups in total. The van der Waals surface area contributed by atoms with Gasteiger partial charge in [-0.05, 0) is 36.8 Å². The standard InChI is InChI=1S/C17H17FN2O2S/c1-12(20(22)17(21)19-2)3-8-15-9-10-16(23-15)11-13-4-6-14(18)7-5-13/h4-7,9-10,12,22H,11H2,1-2H3,(H,19,21)/t12-/m1/s1. The molecule has 2 aromatic rings. The van der Waals surface area contributed by atoms with Gasteiger partial charge in [0.2, 0.25) is 0 Å². The van der Waals surface area contributed by atoms with Gasteiger partial charge in [0.05, 0.1) is 4.88 Å². The minimum Gasteiger partial charge on any atom is -0.339 e. The molecule has 0 radical (unpaired) electrons. The molecule has 0 fully saturated rings. The zero-order chi connectivity index (χ0) is 16.8. The molecule has 2 rings (SSSR count). The summed E-state index contributed by atoms with van der Waals surface area (Å²) < 4.78 is 12.9. The smallest absolute Gasteiger partial charge is 0.339 e. The van der Waals surface area contributed by atoms with Crippen molar-refractivity contribution in [1.29, 1.82) is 0 Å².